The summed E-state index contributed by atoms with van der Waals surface area (Å²) in [6, 6.07) is 12.1. The van der Waals surface area contributed by atoms with Gasteiger partial charge in [-0.05, 0) is 68.1 Å². The molecule has 2 aliphatic heterocycles. The number of nitrogens with one attached hydrogen (secondary N) is 1. The minimum atomic E-state index is -3.80. The second kappa shape index (κ2) is 8.55. The van der Waals surface area contributed by atoms with E-state index >= 15 is 0 Å². The molecule has 2 heterocycles. The maximum Gasteiger partial charge on any atom is 0.261 e. The van der Waals surface area contributed by atoms with Crippen molar-refractivity contribution < 1.29 is 17.9 Å². The Bertz CT molecular complexity index is 1020. The number of anilines is 3. The molecule has 1 amide bonds. The summed E-state index contributed by atoms with van der Waals surface area (Å²) < 4.78 is 33.9. The van der Waals surface area contributed by atoms with Crippen molar-refractivity contribution in [3.8, 4) is 5.75 Å². The van der Waals surface area contributed by atoms with E-state index in [2.05, 4.69) is 9.62 Å². The van der Waals surface area contributed by atoms with Crippen LogP contribution in [-0.2, 0) is 14.8 Å². The summed E-state index contributed by atoms with van der Waals surface area (Å²) in [5, 5.41) is 0. The first-order valence-electron chi connectivity index (χ1n) is 10.3. The van der Waals surface area contributed by atoms with Gasteiger partial charge < -0.3 is 14.5 Å². The number of carbonyl (C=O) groups is 1. The molecule has 4 rings (SSSR count). The van der Waals surface area contributed by atoms with Crippen LogP contribution in [0.25, 0.3) is 0 Å². The molecule has 0 saturated carbocycles. The highest BCUT2D eigenvalue weighted by atomic mass is 32.2. The molecule has 0 aliphatic carbocycles. The Kier molecular flexibility index (Phi) is 5.85. The maximum atomic E-state index is 13.0. The normalized spacial score (nSPS) is 17.3. The predicted molar refractivity (Wildman–Crippen MR) is 118 cm³/mol. The summed E-state index contributed by atoms with van der Waals surface area (Å²) in [6.07, 6.45) is 4.85. The van der Waals surface area contributed by atoms with Gasteiger partial charge in [0.1, 0.15) is 5.75 Å². The van der Waals surface area contributed by atoms with Gasteiger partial charge in [-0.25, -0.2) is 8.42 Å². The second-order valence-electron chi connectivity index (χ2n) is 7.68. The third kappa shape index (κ3) is 4.23. The smallest absolute Gasteiger partial charge is 0.261 e. The molecule has 30 heavy (non-hydrogen) atoms. The molecule has 1 N–H and O–H groups in total. The van der Waals surface area contributed by atoms with Crippen LogP contribution in [0, 0.1) is 0 Å². The zero-order chi connectivity index (χ0) is 21.1. The number of sulfonamides is 1. The van der Waals surface area contributed by atoms with Crippen molar-refractivity contribution in [2.75, 3.05) is 41.3 Å². The minimum Gasteiger partial charge on any atom is -0.495 e. The topological polar surface area (TPSA) is 79.0 Å². The number of hydrogen-bond acceptors (Lipinski definition) is 5. The number of ether oxygens (including phenoxy) is 1. The van der Waals surface area contributed by atoms with Gasteiger partial charge in [0.15, 0.2) is 0 Å². The quantitative estimate of drug-likeness (QED) is 0.759. The number of hydrogen-bond donors (Lipinski definition) is 1. The Morgan fingerprint density at radius 2 is 1.67 bits per heavy atom. The summed E-state index contributed by atoms with van der Waals surface area (Å²) in [6.45, 7) is 2.63. The largest absolute Gasteiger partial charge is 0.495 e. The SMILES string of the molecule is COc1ccc(S(=O)(=O)Nc2ccc(N3CCCCC3)cc2)cc1N1CCCC1=O. The molecule has 0 aromatic heterocycles. The highest BCUT2D eigenvalue weighted by Gasteiger charge is 2.26. The number of nitrogens with zero attached hydrogens (tertiary/aromatic N) is 2. The van der Waals surface area contributed by atoms with Gasteiger partial charge >= 0.3 is 0 Å². The van der Waals surface area contributed by atoms with Gasteiger partial charge in [0.2, 0.25) is 5.91 Å². The van der Waals surface area contributed by atoms with Gasteiger partial charge in [0.05, 0.1) is 17.7 Å². The fourth-order valence-corrected chi connectivity index (χ4v) is 5.14. The molecule has 2 saturated heterocycles. The lowest BCUT2D eigenvalue weighted by Crippen LogP contribution is -2.29. The van der Waals surface area contributed by atoms with Crippen LogP contribution < -0.4 is 19.3 Å². The fourth-order valence-electron chi connectivity index (χ4n) is 4.06. The number of piperidine rings is 1. The third-order valence-corrected chi connectivity index (χ3v) is 7.04. The molecule has 7 nitrogen and oxygen atoms in total. The molecular weight excluding hydrogens is 402 g/mol. The van der Waals surface area contributed by atoms with Crippen LogP contribution in [-0.4, -0.2) is 41.1 Å². The Morgan fingerprint density at radius 1 is 0.933 bits per heavy atom. The molecule has 0 unspecified atom stereocenters. The highest BCUT2D eigenvalue weighted by Crippen LogP contribution is 2.34. The van der Waals surface area contributed by atoms with Gasteiger partial charge in [-0.15, -0.1) is 0 Å². The molecule has 0 bridgehead atoms. The van der Waals surface area contributed by atoms with Crippen molar-refractivity contribution in [2.45, 2.75) is 37.0 Å². The number of amides is 1. The lowest BCUT2D eigenvalue weighted by molar-refractivity contribution is -0.117. The Balaban J connectivity index is 1.55. The average molecular weight is 430 g/mol. The Morgan fingerprint density at radius 3 is 2.30 bits per heavy atom. The summed E-state index contributed by atoms with van der Waals surface area (Å²) in [4.78, 5) is 16.2. The van der Waals surface area contributed by atoms with Crippen LogP contribution in [0.5, 0.6) is 5.75 Å². The van der Waals surface area contributed by atoms with Crippen molar-refractivity contribution in [3.63, 3.8) is 0 Å². The van der Waals surface area contributed by atoms with Crippen LogP contribution in [0.2, 0.25) is 0 Å². The first-order chi connectivity index (χ1) is 14.5. The Hall–Kier alpha value is -2.74. The summed E-state index contributed by atoms with van der Waals surface area (Å²) >= 11 is 0. The van der Waals surface area contributed by atoms with E-state index in [0.717, 1.165) is 25.2 Å². The van der Waals surface area contributed by atoms with Gasteiger partial charge in [-0.2, -0.15) is 0 Å². The number of methoxy groups -OCH3 is 1. The van der Waals surface area contributed by atoms with Crippen LogP contribution in [0.15, 0.2) is 47.4 Å². The van der Waals surface area contributed by atoms with Crippen LogP contribution in [0.4, 0.5) is 17.1 Å². The van der Waals surface area contributed by atoms with Gasteiger partial charge in [0.25, 0.3) is 10.0 Å². The second-order valence-corrected chi connectivity index (χ2v) is 9.37. The first-order valence-corrected chi connectivity index (χ1v) is 11.8. The summed E-state index contributed by atoms with van der Waals surface area (Å²) in [5.74, 6) is 0.458. The summed E-state index contributed by atoms with van der Waals surface area (Å²) in [7, 11) is -2.29. The molecule has 160 valence electrons. The molecule has 2 aromatic rings. The van der Waals surface area contributed by atoms with Gasteiger partial charge in [-0.1, -0.05) is 0 Å². The Labute approximate surface area is 177 Å². The van der Waals surface area contributed by atoms with E-state index in [1.165, 1.54) is 38.5 Å². The van der Waals surface area contributed by atoms with E-state index in [0.29, 0.717) is 30.1 Å². The zero-order valence-electron chi connectivity index (χ0n) is 17.1. The van der Waals surface area contributed by atoms with Crippen molar-refractivity contribution in [3.05, 3.63) is 42.5 Å². The predicted octanol–water partition coefficient (Wildman–Crippen LogP) is 3.61. The number of benzene rings is 2. The monoisotopic (exact) mass is 429 g/mol. The standard InChI is InChI=1S/C22H27N3O4S/c1-29-21-12-11-19(16-20(21)25-15-5-6-22(25)26)30(27,28)23-17-7-9-18(10-8-17)24-13-3-2-4-14-24/h7-12,16,23H,2-6,13-15H2,1H3. The van der Waals surface area contributed by atoms with E-state index in [1.807, 2.05) is 12.1 Å². The lowest BCUT2D eigenvalue weighted by Gasteiger charge is -2.28. The molecule has 2 aromatic carbocycles. The van der Waals surface area contributed by atoms with Crippen molar-refractivity contribution >= 4 is 33.0 Å². The third-order valence-electron chi connectivity index (χ3n) is 5.67. The maximum absolute atomic E-state index is 13.0. The minimum absolute atomic E-state index is 0.0240. The molecule has 0 spiro atoms. The van der Waals surface area contributed by atoms with Crippen molar-refractivity contribution in [1.29, 1.82) is 0 Å². The molecule has 0 atom stereocenters. The van der Waals surface area contributed by atoms with Crippen molar-refractivity contribution in [1.82, 2.24) is 0 Å². The summed E-state index contributed by atoms with van der Waals surface area (Å²) in [5.41, 5.74) is 2.10. The van der Waals surface area contributed by atoms with E-state index in [-0.39, 0.29) is 10.8 Å². The molecule has 2 fully saturated rings. The van der Waals surface area contributed by atoms with Crippen LogP contribution >= 0.6 is 0 Å². The van der Waals surface area contributed by atoms with Gasteiger partial charge in [0, 0.05) is 37.4 Å². The van der Waals surface area contributed by atoms with E-state index in [9.17, 15) is 13.2 Å². The highest BCUT2D eigenvalue weighted by molar-refractivity contribution is 7.92. The fraction of sp³-hybridized carbons (Fsp3) is 0.409. The number of carbonyl (C=O) groups excluding carboxylic acids is 1. The first kappa shape index (κ1) is 20.5. The van der Waals surface area contributed by atoms with E-state index in [1.54, 1.807) is 23.1 Å². The van der Waals surface area contributed by atoms with Crippen molar-refractivity contribution in [2.24, 2.45) is 0 Å². The molecule has 0 radical (unpaired) electrons. The zero-order valence-corrected chi connectivity index (χ0v) is 18.0. The van der Waals surface area contributed by atoms with E-state index < -0.39 is 10.0 Å². The molecular formula is C22H27N3O4S. The van der Waals surface area contributed by atoms with Crippen LogP contribution in [0.1, 0.15) is 32.1 Å². The van der Waals surface area contributed by atoms with E-state index in [4.69, 9.17) is 4.74 Å². The molecule has 2 aliphatic rings. The lowest BCUT2D eigenvalue weighted by atomic mass is 10.1. The molecule has 8 heteroatoms. The number of rotatable bonds is 6. The van der Waals surface area contributed by atoms with Crippen LogP contribution in [0.3, 0.4) is 0 Å². The van der Waals surface area contributed by atoms with Gasteiger partial charge in [-0.3, -0.25) is 9.52 Å². The average Bonchev–Trinajstić information content (AvgIpc) is 3.20.